The molecule has 2 N–H and O–H groups in total. The highest BCUT2D eigenvalue weighted by molar-refractivity contribution is 5.37. The first-order valence-corrected chi connectivity index (χ1v) is 2.13. The Hall–Kier alpha value is -0.610. The molecule has 48 valence electrons. The van der Waals surface area contributed by atoms with Crippen LogP contribution in [-0.2, 0) is 9.53 Å². The topological polar surface area (TPSA) is 66.8 Å². The molecule has 0 heterocycles. The minimum Gasteiger partial charge on any atom is -0.435 e. The standard InChI is InChI=1S/C4H8O4/c1-3(6)4(7)8-2-5/h2-4,6-7H,1H3/t3-,4-/m1/s1. The molecule has 0 spiro atoms. The summed E-state index contributed by atoms with van der Waals surface area (Å²) >= 11 is 0. The molecule has 0 amide bonds. The molecule has 0 rings (SSSR count). The number of ether oxygens (including phenoxy) is 1. The molecule has 0 radical (unpaired) electrons. The largest absolute Gasteiger partial charge is 0.435 e. The van der Waals surface area contributed by atoms with Gasteiger partial charge in [-0.25, -0.2) is 0 Å². The van der Waals surface area contributed by atoms with Gasteiger partial charge in [0.25, 0.3) is 6.47 Å². The Balaban J connectivity index is 3.30. The molecule has 4 nitrogen and oxygen atoms in total. The SMILES string of the molecule is C[C@@H](O)[C@H](O)OC=O. The molecule has 0 aromatic heterocycles. The molecule has 4 heteroatoms. The maximum atomic E-state index is 9.43. The monoisotopic (exact) mass is 120 g/mol. The Bertz CT molecular complexity index is 70.4. The maximum Gasteiger partial charge on any atom is 0.295 e. The van der Waals surface area contributed by atoms with E-state index in [2.05, 4.69) is 4.74 Å². The summed E-state index contributed by atoms with van der Waals surface area (Å²) in [5.74, 6) is 0. The zero-order valence-electron chi connectivity index (χ0n) is 4.44. The third-order valence-corrected chi connectivity index (χ3v) is 0.608. The molecule has 0 saturated heterocycles. The van der Waals surface area contributed by atoms with E-state index in [9.17, 15) is 4.79 Å². The highest BCUT2D eigenvalue weighted by atomic mass is 16.6. The Kier molecular flexibility index (Phi) is 3.14. The van der Waals surface area contributed by atoms with Crippen LogP contribution in [0.3, 0.4) is 0 Å². The summed E-state index contributed by atoms with van der Waals surface area (Å²) in [7, 11) is 0. The summed E-state index contributed by atoms with van der Waals surface area (Å²) in [6, 6.07) is 0. The van der Waals surface area contributed by atoms with Crippen LogP contribution in [0.2, 0.25) is 0 Å². The van der Waals surface area contributed by atoms with Crippen molar-refractivity contribution in [2.24, 2.45) is 0 Å². The number of carbonyl (C=O) groups is 1. The number of rotatable bonds is 3. The van der Waals surface area contributed by atoms with Crippen molar-refractivity contribution < 1.29 is 19.7 Å². The molecule has 0 saturated carbocycles. The fourth-order valence-corrected chi connectivity index (χ4v) is 0.171. The third-order valence-electron chi connectivity index (χ3n) is 0.608. The predicted molar refractivity (Wildman–Crippen MR) is 24.8 cm³/mol. The highest BCUT2D eigenvalue weighted by Gasteiger charge is 2.09. The van der Waals surface area contributed by atoms with Crippen molar-refractivity contribution in [2.45, 2.75) is 19.3 Å². The fourth-order valence-electron chi connectivity index (χ4n) is 0.171. The van der Waals surface area contributed by atoms with E-state index in [0.717, 1.165) is 0 Å². The van der Waals surface area contributed by atoms with Crippen LogP contribution in [0.15, 0.2) is 0 Å². The Morgan fingerprint density at radius 1 is 1.62 bits per heavy atom. The lowest BCUT2D eigenvalue weighted by Gasteiger charge is -2.09. The van der Waals surface area contributed by atoms with Gasteiger partial charge in [0.15, 0.2) is 0 Å². The second-order valence-electron chi connectivity index (χ2n) is 1.36. The zero-order chi connectivity index (χ0) is 6.57. The van der Waals surface area contributed by atoms with Crippen molar-refractivity contribution in [3.63, 3.8) is 0 Å². The Morgan fingerprint density at radius 2 is 2.12 bits per heavy atom. The molecule has 0 bridgehead atoms. The van der Waals surface area contributed by atoms with Crippen molar-refractivity contribution in [3.8, 4) is 0 Å². The van der Waals surface area contributed by atoms with E-state index in [1.54, 1.807) is 0 Å². The van der Waals surface area contributed by atoms with Gasteiger partial charge in [0.1, 0.15) is 6.10 Å². The molecule has 0 unspecified atom stereocenters. The van der Waals surface area contributed by atoms with E-state index < -0.39 is 12.4 Å². The van der Waals surface area contributed by atoms with E-state index in [0.29, 0.717) is 0 Å². The van der Waals surface area contributed by atoms with Gasteiger partial charge in [-0.15, -0.1) is 0 Å². The van der Waals surface area contributed by atoms with Gasteiger partial charge in [0.05, 0.1) is 0 Å². The molecule has 0 aromatic rings. The Morgan fingerprint density at radius 3 is 2.25 bits per heavy atom. The van der Waals surface area contributed by atoms with E-state index in [-0.39, 0.29) is 6.47 Å². The third kappa shape index (κ3) is 2.54. The number of hydrogen-bond donors (Lipinski definition) is 2. The average molecular weight is 120 g/mol. The molecule has 0 fully saturated rings. The summed E-state index contributed by atoms with van der Waals surface area (Å²) in [6.45, 7) is 1.39. The van der Waals surface area contributed by atoms with Crippen molar-refractivity contribution in [3.05, 3.63) is 0 Å². The first-order chi connectivity index (χ1) is 3.68. The van der Waals surface area contributed by atoms with Crippen molar-refractivity contribution in [2.75, 3.05) is 0 Å². The number of aliphatic hydroxyl groups excluding tert-OH is 2. The average Bonchev–Trinajstić information content (AvgIpc) is 1.67. The van der Waals surface area contributed by atoms with E-state index >= 15 is 0 Å². The molecule has 8 heavy (non-hydrogen) atoms. The smallest absolute Gasteiger partial charge is 0.295 e. The number of aliphatic hydroxyl groups is 2. The van der Waals surface area contributed by atoms with Gasteiger partial charge in [-0.1, -0.05) is 0 Å². The van der Waals surface area contributed by atoms with Crippen molar-refractivity contribution >= 4 is 6.47 Å². The van der Waals surface area contributed by atoms with Gasteiger partial charge in [-0.05, 0) is 6.92 Å². The molecule has 0 aliphatic rings. The quantitative estimate of drug-likeness (QED) is 0.365. The van der Waals surface area contributed by atoms with Crippen LogP contribution in [0.25, 0.3) is 0 Å². The van der Waals surface area contributed by atoms with Crippen molar-refractivity contribution in [1.29, 1.82) is 0 Å². The second kappa shape index (κ2) is 3.40. The summed E-state index contributed by atoms with van der Waals surface area (Å²) in [6.07, 6.45) is -2.42. The maximum absolute atomic E-state index is 9.43. The summed E-state index contributed by atoms with van der Waals surface area (Å²) in [5.41, 5.74) is 0. The van der Waals surface area contributed by atoms with Gasteiger partial charge in [-0.3, -0.25) is 4.79 Å². The van der Waals surface area contributed by atoms with Crippen LogP contribution >= 0.6 is 0 Å². The molecule has 0 aliphatic heterocycles. The number of hydrogen-bond acceptors (Lipinski definition) is 4. The first kappa shape index (κ1) is 7.39. The zero-order valence-corrected chi connectivity index (χ0v) is 4.44. The number of carbonyl (C=O) groups excluding carboxylic acids is 1. The second-order valence-corrected chi connectivity index (χ2v) is 1.36. The lowest BCUT2D eigenvalue weighted by Crippen LogP contribution is -2.24. The first-order valence-electron chi connectivity index (χ1n) is 2.13. The van der Waals surface area contributed by atoms with Crippen molar-refractivity contribution in [1.82, 2.24) is 0 Å². The van der Waals surface area contributed by atoms with Crippen LogP contribution in [-0.4, -0.2) is 29.1 Å². The van der Waals surface area contributed by atoms with E-state index in [4.69, 9.17) is 10.2 Å². The van der Waals surface area contributed by atoms with Crippen LogP contribution in [0.5, 0.6) is 0 Å². The summed E-state index contributed by atoms with van der Waals surface area (Å²) in [4.78, 5) is 9.43. The van der Waals surface area contributed by atoms with Gasteiger partial charge >= 0.3 is 0 Å². The molecular formula is C4H8O4. The van der Waals surface area contributed by atoms with Gasteiger partial charge in [0, 0.05) is 0 Å². The molecule has 2 atom stereocenters. The molecule has 0 aromatic carbocycles. The van der Waals surface area contributed by atoms with E-state index in [1.165, 1.54) is 6.92 Å². The van der Waals surface area contributed by atoms with Crippen LogP contribution in [0.4, 0.5) is 0 Å². The van der Waals surface area contributed by atoms with Crippen LogP contribution in [0, 0.1) is 0 Å². The molecular weight excluding hydrogens is 112 g/mol. The normalized spacial score (nSPS) is 16.9. The van der Waals surface area contributed by atoms with Gasteiger partial charge < -0.3 is 14.9 Å². The lowest BCUT2D eigenvalue weighted by atomic mass is 10.4. The van der Waals surface area contributed by atoms with Gasteiger partial charge in [0.2, 0.25) is 6.29 Å². The van der Waals surface area contributed by atoms with Crippen LogP contribution < -0.4 is 0 Å². The van der Waals surface area contributed by atoms with E-state index in [1.807, 2.05) is 0 Å². The lowest BCUT2D eigenvalue weighted by molar-refractivity contribution is -0.169. The molecule has 0 aliphatic carbocycles. The minimum absolute atomic E-state index is 0.0807. The summed E-state index contributed by atoms with van der Waals surface area (Å²) in [5, 5.41) is 16.8. The highest BCUT2D eigenvalue weighted by Crippen LogP contribution is 1.89. The summed E-state index contributed by atoms with van der Waals surface area (Å²) < 4.78 is 3.93. The van der Waals surface area contributed by atoms with Crippen LogP contribution in [0.1, 0.15) is 6.92 Å². The van der Waals surface area contributed by atoms with Gasteiger partial charge in [-0.2, -0.15) is 0 Å². The minimum atomic E-state index is -1.40. The Labute approximate surface area is 46.7 Å². The predicted octanol–water partition coefficient (Wildman–Crippen LogP) is -1.14. The fraction of sp³-hybridized carbons (Fsp3) is 0.750.